The molecule has 0 bridgehead atoms. The number of anilines is 4. The van der Waals surface area contributed by atoms with E-state index in [1.807, 2.05) is 18.2 Å². The SMILES string of the molecule is CC(C#N)Oc1ccc(Nc2nc(Nc3ccc(CC#N)cc3)ncc2F)cc1. The number of ether oxygens (including phenoxy) is 1. The van der Waals surface area contributed by atoms with E-state index in [1.54, 1.807) is 43.3 Å². The molecule has 0 saturated heterocycles. The normalized spacial score (nSPS) is 11.0. The van der Waals surface area contributed by atoms with Crippen LogP contribution in [-0.2, 0) is 6.42 Å². The van der Waals surface area contributed by atoms with Gasteiger partial charge in [0.05, 0.1) is 18.7 Å². The highest BCUT2D eigenvalue weighted by Gasteiger charge is 2.09. The van der Waals surface area contributed by atoms with Gasteiger partial charge >= 0.3 is 0 Å². The summed E-state index contributed by atoms with van der Waals surface area (Å²) in [4.78, 5) is 8.12. The van der Waals surface area contributed by atoms with Crippen LogP contribution in [0.3, 0.4) is 0 Å². The molecule has 1 unspecified atom stereocenters. The van der Waals surface area contributed by atoms with Crippen molar-refractivity contribution in [3.8, 4) is 17.9 Å². The van der Waals surface area contributed by atoms with Gasteiger partial charge < -0.3 is 15.4 Å². The zero-order valence-electron chi connectivity index (χ0n) is 15.6. The van der Waals surface area contributed by atoms with Gasteiger partial charge in [-0.25, -0.2) is 9.37 Å². The van der Waals surface area contributed by atoms with E-state index in [0.29, 0.717) is 17.9 Å². The van der Waals surface area contributed by atoms with Crippen LogP contribution in [0.1, 0.15) is 12.5 Å². The van der Waals surface area contributed by atoms with Gasteiger partial charge in [0.15, 0.2) is 17.7 Å². The molecule has 1 aromatic heterocycles. The second-order valence-electron chi connectivity index (χ2n) is 6.09. The average Bonchev–Trinajstić information content (AvgIpc) is 2.73. The minimum absolute atomic E-state index is 0.0164. The van der Waals surface area contributed by atoms with Gasteiger partial charge in [-0.15, -0.1) is 0 Å². The fourth-order valence-electron chi connectivity index (χ4n) is 2.43. The molecule has 3 aromatic rings. The number of halogens is 1. The second-order valence-corrected chi connectivity index (χ2v) is 6.09. The molecule has 7 nitrogen and oxygen atoms in total. The molecule has 0 fully saturated rings. The van der Waals surface area contributed by atoms with Crippen LogP contribution in [0.2, 0.25) is 0 Å². The zero-order chi connectivity index (χ0) is 20.6. The Hall–Kier alpha value is -4.17. The molecule has 8 heteroatoms. The minimum Gasteiger partial charge on any atom is -0.476 e. The summed E-state index contributed by atoms with van der Waals surface area (Å²) < 4.78 is 19.5. The molecular formula is C21H17FN6O. The van der Waals surface area contributed by atoms with E-state index in [2.05, 4.69) is 26.7 Å². The average molecular weight is 388 g/mol. The summed E-state index contributed by atoms with van der Waals surface area (Å²) >= 11 is 0. The van der Waals surface area contributed by atoms with E-state index in [1.165, 1.54) is 0 Å². The Morgan fingerprint density at radius 2 is 1.69 bits per heavy atom. The molecule has 144 valence electrons. The van der Waals surface area contributed by atoms with Crippen LogP contribution in [0.5, 0.6) is 5.75 Å². The fraction of sp³-hybridized carbons (Fsp3) is 0.143. The Morgan fingerprint density at radius 1 is 1.03 bits per heavy atom. The van der Waals surface area contributed by atoms with Gasteiger partial charge in [-0.1, -0.05) is 12.1 Å². The van der Waals surface area contributed by atoms with Crippen molar-refractivity contribution >= 4 is 23.1 Å². The number of rotatable bonds is 7. The first-order valence-corrected chi connectivity index (χ1v) is 8.76. The third-order valence-electron chi connectivity index (χ3n) is 3.85. The molecule has 29 heavy (non-hydrogen) atoms. The van der Waals surface area contributed by atoms with E-state index in [4.69, 9.17) is 15.3 Å². The first kappa shape index (κ1) is 19.6. The number of benzene rings is 2. The molecule has 1 heterocycles. The molecule has 2 aromatic carbocycles. The van der Waals surface area contributed by atoms with Crippen LogP contribution in [-0.4, -0.2) is 16.1 Å². The third-order valence-corrected chi connectivity index (χ3v) is 3.85. The topological polar surface area (TPSA) is 107 Å². The molecule has 0 amide bonds. The van der Waals surface area contributed by atoms with Crippen molar-refractivity contribution in [2.24, 2.45) is 0 Å². The van der Waals surface area contributed by atoms with Gasteiger partial charge in [-0.3, -0.25) is 0 Å². The highest BCUT2D eigenvalue weighted by molar-refractivity contribution is 5.60. The molecule has 0 aliphatic rings. The van der Waals surface area contributed by atoms with Crippen molar-refractivity contribution in [3.05, 3.63) is 66.1 Å². The molecule has 0 saturated carbocycles. The van der Waals surface area contributed by atoms with Gasteiger partial charge in [0.25, 0.3) is 0 Å². The van der Waals surface area contributed by atoms with Gasteiger partial charge in [0.1, 0.15) is 11.8 Å². The Balaban J connectivity index is 1.70. The largest absolute Gasteiger partial charge is 0.476 e. The zero-order valence-corrected chi connectivity index (χ0v) is 15.6. The number of nitrogens with zero attached hydrogens (tertiary/aromatic N) is 4. The summed E-state index contributed by atoms with van der Waals surface area (Å²) in [6.45, 7) is 1.65. The van der Waals surface area contributed by atoms with Crippen molar-refractivity contribution in [2.75, 3.05) is 10.6 Å². The predicted octanol–water partition coefficient (Wildman–Crippen LogP) is 4.46. The van der Waals surface area contributed by atoms with Crippen LogP contribution in [0, 0.1) is 28.5 Å². The molecule has 2 N–H and O–H groups in total. The molecule has 0 radical (unpaired) electrons. The van der Waals surface area contributed by atoms with E-state index < -0.39 is 11.9 Å². The third kappa shape index (κ3) is 5.41. The molecule has 1 atom stereocenters. The second kappa shape index (κ2) is 9.16. The quantitative estimate of drug-likeness (QED) is 0.615. The van der Waals surface area contributed by atoms with Crippen LogP contribution in [0.15, 0.2) is 54.7 Å². The van der Waals surface area contributed by atoms with E-state index in [-0.39, 0.29) is 11.8 Å². The van der Waals surface area contributed by atoms with Crippen molar-refractivity contribution in [1.82, 2.24) is 9.97 Å². The molecule has 3 rings (SSSR count). The summed E-state index contributed by atoms with van der Waals surface area (Å²) in [5, 5.41) is 23.4. The molecule has 0 spiro atoms. The maximum absolute atomic E-state index is 14.1. The van der Waals surface area contributed by atoms with Crippen molar-refractivity contribution < 1.29 is 9.13 Å². The first-order valence-electron chi connectivity index (χ1n) is 8.76. The van der Waals surface area contributed by atoms with Gasteiger partial charge in [0, 0.05) is 11.4 Å². The highest BCUT2D eigenvalue weighted by Crippen LogP contribution is 2.23. The standard InChI is InChI=1S/C21H17FN6O/c1-14(12-24)29-18-8-6-16(7-9-18)26-20-19(22)13-25-21(28-20)27-17-4-2-15(3-5-17)10-11-23/h2-9,13-14H,10H2,1H3,(H2,25,26,27,28). The van der Waals surface area contributed by atoms with E-state index >= 15 is 0 Å². The lowest BCUT2D eigenvalue weighted by Crippen LogP contribution is -2.08. The van der Waals surface area contributed by atoms with Gasteiger partial charge in [-0.2, -0.15) is 15.5 Å². The van der Waals surface area contributed by atoms with Gasteiger partial charge in [-0.05, 0) is 48.9 Å². The monoisotopic (exact) mass is 388 g/mol. The summed E-state index contributed by atoms with van der Waals surface area (Å²) in [7, 11) is 0. The number of nitrogens with one attached hydrogen (secondary N) is 2. The summed E-state index contributed by atoms with van der Waals surface area (Å²) in [5.41, 5.74) is 2.22. The Kier molecular flexibility index (Phi) is 6.18. The van der Waals surface area contributed by atoms with Crippen LogP contribution >= 0.6 is 0 Å². The lowest BCUT2D eigenvalue weighted by Gasteiger charge is -2.11. The maximum atomic E-state index is 14.1. The lowest BCUT2D eigenvalue weighted by molar-refractivity contribution is 0.276. The summed E-state index contributed by atoms with van der Waals surface area (Å²) in [5.74, 6) is 0.181. The maximum Gasteiger partial charge on any atom is 0.229 e. The fourth-order valence-corrected chi connectivity index (χ4v) is 2.43. The summed E-state index contributed by atoms with van der Waals surface area (Å²) in [6.07, 6.45) is 0.852. The highest BCUT2D eigenvalue weighted by atomic mass is 19.1. The predicted molar refractivity (Wildman–Crippen MR) is 106 cm³/mol. The van der Waals surface area contributed by atoms with Gasteiger partial charge in [0.2, 0.25) is 5.95 Å². The van der Waals surface area contributed by atoms with Crippen molar-refractivity contribution in [3.63, 3.8) is 0 Å². The van der Waals surface area contributed by atoms with Crippen LogP contribution < -0.4 is 15.4 Å². The smallest absolute Gasteiger partial charge is 0.229 e. The molecule has 0 aliphatic heterocycles. The van der Waals surface area contributed by atoms with Crippen LogP contribution in [0.25, 0.3) is 0 Å². The number of hydrogen-bond acceptors (Lipinski definition) is 7. The molecule has 0 aliphatic carbocycles. The lowest BCUT2D eigenvalue weighted by atomic mass is 10.1. The van der Waals surface area contributed by atoms with Crippen molar-refractivity contribution in [1.29, 1.82) is 10.5 Å². The summed E-state index contributed by atoms with van der Waals surface area (Å²) in [6, 6.07) is 18.1. The van der Waals surface area contributed by atoms with E-state index in [9.17, 15) is 4.39 Å². The van der Waals surface area contributed by atoms with Crippen molar-refractivity contribution in [2.45, 2.75) is 19.4 Å². The minimum atomic E-state index is -0.599. The number of aromatic nitrogens is 2. The van der Waals surface area contributed by atoms with Crippen LogP contribution in [0.4, 0.5) is 27.5 Å². The Morgan fingerprint density at radius 3 is 2.34 bits per heavy atom. The molecular weight excluding hydrogens is 371 g/mol. The Bertz CT molecular complexity index is 1050. The number of hydrogen-bond donors (Lipinski definition) is 2. The van der Waals surface area contributed by atoms with E-state index in [0.717, 1.165) is 17.4 Å². The first-order chi connectivity index (χ1) is 14.1. The Labute approximate surface area is 167 Å². The number of nitriles is 2.